The molecule has 1 aliphatic carbocycles. The summed E-state index contributed by atoms with van der Waals surface area (Å²) in [4.78, 5) is 3.97. The van der Waals surface area contributed by atoms with E-state index in [1.54, 1.807) is 12.4 Å². The number of hydrogen-bond donors (Lipinski definition) is 1. The van der Waals surface area contributed by atoms with Crippen LogP contribution in [0.1, 0.15) is 48.0 Å². The minimum absolute atomic E-state index is 0.552. The first-order valence-electron chi connectivity index (χ1n) is 6.52. The summed E-state index contributed by atoms with van der Waals surface area (Å²) in [6, 6.07) is 12.1. The lowest BCUT2D eigenvalue weighted by Crippen LogP contribution is -2.09. The van der Waals surface area contributed by atoms with Crippen molar-refractivity contribution in [3.05, 3.63) is 65.5 Å². The Bertz CT molecular complexity index is 502. The van der Waals surface area contributed by atoms with Gasteiger partial charge in [0.25, 0.3) is 0 Å². The number of nitrogens with zero attached hydrogens (tertiary/aromatic N) is 1. The molecule has 2 nitrogen and oxygen atoms in total. The molecule has 1 atom stereocenters. The molecule has 0 saturated heterocycles. The zero-order valence-electron chi connectivity index (χ0n) is 10.3. The highest BCUT2D eigenvalue weighted by Gasteiger charge is 2.19. The molecule has 2 aromatic rings. The summed E-state index contributed by atoms with van der Waals surface area (Å²) in [7, 11) is 0. The van der Waals surface area contributed by atoms with Crippen molar-refractivity contribution in [1.82, 2.24) is 4.98 Å². The van der Waals surface area contributed by atoms with Gasteiger partial charge < -0.3 is 5.11 Å². The third-order valence-electron chi connectivity index (χ3n) is 3.85. The summed E-state index contributed by atoms with van der Waals surface area (Å²) < 4.78 is 0. The number of aliphatic hydroxyl groups excluding tert-OH is 1. The standard InChI is InChI=1S/C16H17NO/c18-16(15-8-10-17-11-9-15)14-6-4-13(5-7-14)12-2-1-3-12/h4-12,16,18H,1-3H2. The summed E-state index contributed by atoms with van der Waals surface area (Å²) in [5, 5.41) is 10.3. The van der Waals surface area contributed by atoms with Gasteiger partial charge in [-0.15, -0.1) is 0 Å². The maximum absolute atomic E-state index is 10.3. The van der Waals surface area contributed by atoms with Gasteiger partial charge >= 0.3 is 0 Å². The maximum atomic E-state index is 10.3. The van der Waals surface area contributed by atoms with Crippen LogP contribution in [0.15, 0.2) is 48.8 Å². The highest BCUT2D eigenvalue weighted by Crippen LogP contribution is 2.36. The third kappa shape index (κ3) is 2.16. The van der Waals surface area contributed by atoms with Gasteiger partial charge in [-0.05, 0) is 47.6 Å². The van der Waals surface area contributed by atoms with Crippen LogP contribution < -0.4 is 0 Å². The van der Waals surface area contributed by atoms with Crippen molar-refractivity contribution < 1.29 is 5.11 Å². The molecule has 1 aliphatic rings. The first kappa shape index (κ1) is 11.4. The molecule has 0 amide bonds. The topological polar surface area (TPSA) is 33.1 Å². The van der Waals surface area contributed by atoms with E-state index in [0.29, 0.717) is 0 Å². The highest BCUT2D eigenvalue weighted by molar-refractivity contribution is 5.32. The van der Waals surface area contributed by atoms with E-state index in [1.807, 2.05) is 24.3 Å². The second-order valence-corrected chi connectivity index (χ2v) is 4.98. The van der Waals surface area contributed by atoms with Crippen LogP contribution in [0.4, 0.5) is 0 Å². The van der Waals surface area contributed by atoms with Gasteiger partial charge in [-0.2, -0.15) is 0 Å². The van der Waals surface area contributed by atoms with Gasteiger partial charge in [0.1, 0.15) is 6.10 Å². The Morgan fingerprint density at radius 3 is 2.11 bits per heavy atom. The van der Waals surface area contributed by atoms with E-state index in [-0.39, 0.29) is 0 Å². The fourth-order valence-corrected chi connectivity index (χ4v) is 2.43. The highest BCUT2D eigenvalue weighted by atomic mass is 16.3. The van der Waals surface area contributed by atoms with Crippen molar-refractivity contribution in [2.45, 2.75) is 31.3 Å². The summed E-state index contributed by atoms with van der Waals surface area (Å²) >= 11 is 0. The van der Waals surface area contributed by atoms with E-state index in [9.17, 15) is 5.11 Å². The molecule has 0 radical (unpaired) electrons. The lowest BCUT2D eigenvalue weighted by Gasteiger charge is -2.26. The van der Waals surface area contributed by atoms with Crippen LogP contribution in [-0.2, 0) is 0 Å². The monoisotopic (exact) mass is 239 g/mol. The quantitative estimate of drug-likeness (QED) is 0.890. The first-order chi connectivity index (χ1) is 8.84. The van der Waals surface area contributed by atoms with Gasteiger partial charge in [0.2, 0.25) is 0 Å². The van der Waals surface area contributed by atoms with Crippen LogP contribution in [-0.4, -0.2) is 10.1 Å². The Hall–Kier alpha value is -1.67. The van der Waals surface area contributed by atoms with Crippen LogP contribution in [0, 0.1) is 0 Å². The van der Waals surface area contributed by atoms with Gasteiger partial charge in [-0.1, -0.05) is 30.7 Å². The number of aliphatic hydroxyl groups is 1. The average Bonchev–Trinajstić information content (AvgIpc) is 2.38. The Balaban J connectivity index is 1.80. The zero-order chi connectivity index (χ0) is 12.4. The summed E-state index contributed by atoms with van der Waals surface area (Å²) in [5.74, 6) is 0.747. The SMILES string of the molecule is OC(c1ccncc1)c1ccc(C2CCC2)cc1. The van der Waals surface area contributed by atoms with Crippen molar-refractivity contribution in [3.8, 4) is 0 Å². The molecule has 0 bridgehead atoms. The Morgan fingerprint density at radius 2 is 1.56 bits per heavy atom. The summed E-state index contributed by atoms with van der Waals surface area (Å²) in [6.45, 7) is 0. The molecule has 3 rings (SSSR count). The fourth-order valence-electron chi connectivity index (χ4n) is 2.43. The molecule has 0 aliphatic heterocycles. The lowest BCUT2D eigenvalue weighted by molar-refractivity contribution is 0.220. The molecule has 2 heteroatoms. The number of benzene rings is 1. The summed E-state index contributed by atoms with van der Waals surface area (Å²) in [6.07, 6.45) is 6.84. The Morgan fingerprint density at radius 1 is 0.944 bits per heavy atom. The molecule has 0 spiro atoms. The minimum atomic E-state index is -0.552. The Kier molecular flexibility index (Phi) is 3.11. The van der Waals surface area contributed by atoms with E-state index in [0.717, 1.165) is 17.0 Å². The van der Waals surface area contributed by atoms with E-state index < -0.39 is 6.10 Å². The zero-order valence-corrected chi connectivity index (χ0v) is 10.3. The maximum Gasteiger partial charge on any atom is 0.104 e. The molecule has 1 fully saturated rings. The van der Waals surface area contributed by atoms with Crippen LogP contribution in [0.25, 0.3) is 0 Å². The van der Waals surface area contributed by atoms with Gasteiger partial charge in [-0.3, -0.25) is 4.98 Å². The smallest absolute Gasteiger partial charge is 0.104 e. The van der Waals surface area contributed by atoms with Gasteiger partial charge in [0.05, 0.1) is 0 Å². The molecule has 1 aromatic heterocycles. The fraction of sp³-hybridized carbons (Fsp3) is 0.312. The number of rotatable bonds is 3. The second-order valence-electron chi connectivity index (χ2n) is 4.98. The molecule has 92 valence electrons. The van der Waals surface area contributed by atoms with Crippen LogP contribution >= 0.6 is 0 Å². The van der Waals surface area contributed by atoms with E-state index >= 15 is 0 Å². The molecular formula is C16H17NO. The van der Waals surface area contributed by atoms with Crippen molar-refractivity contribution in [3.63, 3.8) is 0 Å². The average molecular weight is 239 g/mol. The molecule has 1 N–H and O–H groups in total. The van der Waals surface area contributed by atoms with E-state index in [2.05, 4.69) is 17.1 Å². The predicted octanol–water partition coefficient (Wildman–Crippen LogP) is 3.43. The molecule has 1 heterocycles. The van der Waals surface area contributed by atoms with Crippen molar-refractivity contribution >= 4 is 0 Å². The number of pyridine rings is 1. The van der Waals surface area contributed by atoms with Crippen LogP contribution in [0.3, 0.4) is 0 Å². The van der Waals surface area contributed by atoms with Crippen LogP contribution in [0.2, 0.25) is 0 Å². The van der Waals surface area contributed by atoms with E-state index in [4.69, 9.17) is 0 Å². The van der Waals surface area contributed by atoms with Gasteiger partial charge in [0, 0.05) is 12.4 Å². The van der Waals surface area contributed by atoms with E-state index in [1.165, 1.54) is 24.8 Å². The molecule has 1 aromatic carbocycles. The van der Waals surface area contributed by atoms with Crippen molar-refractivity contribution in [2.75, 3.05) is 0 Å². The van der Waals surface area contributed by atoms with Crippen molar-refractivity contribution in [1.29, 1.82) is 0 Å². The molecule has 1 saturated carbocycles. The second kappa shape index (κ2) is 4.91. The number of aromatic nitrogens is 1. The molecule has 18 heavy (non-hydrogen) atoms. The largest absolute Gasteiger partial charge is 0.384 e. The summed E-state index contributed by atoms with van der Waals surface area (Å²) in [5.41, 5.74) is 3.25. The van der Waals surface area contributed by atoms with Gasteiger partial charge in [0.15, 0.2) is 0 Å². The first-order valence-corrected chi connectivity index (χ1v) is 6.52. The molecule has 1 unspecified atom stereocenters. The van der Waals surface area contributed by atoms with Crippen molar-refractivity contribution in [2.24, 2.45) is 0 Å². The Labute approximate surface area is 107 Å². The number of hydrogen-bond acceptors (Lipinski definition) is 2. The van der Waals surface area contributed by atoms with Crippen LogP contribution in [0.5, 0.6) is 0 Å². The van der Waals surface area contributed by atoms with Gasteiger partial charge in [-0.25, -0.2) is 0 Å². The lowest BCUT2D eigenvalue weighted by atomic mass is 9.80. The minimum Gasteiger partial charge on any atom is -0.384 e. The predicted molar refractivity (Wildman–Crippen MR) is 71.3 cm³/mol. The normalized spacial score (nSPS) is 17.2. The molecular weight excluding hydrogens is 222 g/mol. The third-order valence-corrected chi connectivity index (χ3v) is 3.85.